The first-order valence-electron chi connectivity index (χ1n) is 7.91. The summed E-state index contributed by atoms with van der Waals surface area (Å²) in [6.45, 7) is 13.6. The molecule has 3 heteroatoms. The van der Waals surface area contributed by atoms with Gasteiger partial charge in [-0.15, -0.1) is 0 Å². The van der Waals surface area contributed by atoms with Crippen molar-refractivity contribution in [3.8, 4) is 0 Å². The Hall–Kier alpha value is -1.09. The van der Waals surface area contributed by atoms with Crippen molar-refractivity contribution in [1.82, 2.24) is 4.98 Å². The Kier molecular flexibility index (Phi) is 4.34. The molecule has 1 aromatic heterocycles. The summed E-state index contributed by atoms with van der Waals surface area (Å²) in [6, 6.07) is 3.77. The van der Waals surface area contributed by atoms with Crippen LogP contribution in [0.2, 0.25) is 0 Å². The van der Waals surface area contributed by atoms with Crippen LogP contribution in [0, 0.1) is 16.7 Å². The van der Waals surface area contributed by atoms with Crippen LogP contribution in [0.5, 0.6) is 0 Å². The number of nitrogens with one attached hydrogen (secondary N) is 1. The molecule has 0 aromatic carbocycles. The van der Waals surface area contributed by atoms with E-state index in [1.54, 1.807) is 6.20 Å². The molecule has 0 saturated carbocycles. The third kappa shape index (κ3) is 3.97. The molecule has 0 spiro atoms. The van der Waals surface area contributed by atoms with Crippen molar-refractivity contribution in [1.29, 1.82) is 0 Å². The minimum absolute atomic E-state index is 0.0217. The molecule has 0 aliphatic carbocycles. The van der Waals surface area contributed by atoms with Gasteiger partial charge < -0.3 is 9.72 Å². The second-order valence-corrected chi connectivity index (χ2v) is 8.59. The molecule has 1 fully saturated rings. The lowest BCUT2D eigenvalue weighted by Crippen LogP contribution is -2.31. The van der Waals surface area contributed by atoms with Crippen LogP contribution in [0.15, 0.2) is 23.1 Å². The van der Waals surface area contributed by atoms with E-state index in [-0.39, 0.29) is 28.6 Å². The van der Waals surface area contributed by atoms with Gasteiger partial charge in [-0.3, -0.25) is 4.79 Å². The van der Waals surface area contributed by atoms with Crippen LogP contribution >= 0.6 is 0 Å². The van der Waals surface area contributed by atoms with Crippen LogP contribution in [0.3, 0.4) is 0 Å². The summed E-state index contributed by atoms with van der Waals surface area (Å²) in [7, 11) is 0. The largest absolute Gasteiger partial charge is 0.370 e. The average Bonchev–Trinajstić information content (AvgIpc) is 2.70. The van der Waals surface area contributed by atoms with Crippen LogP contribution in [-0.4, -0.2) is 11.1 Å². The van der Waals surface area contributed by atoms with E-state index in [1.165, 1.54) is 0 Å². The highest BCUT2D eigenvalue weighted by molar-refractivity contribution is 5.15. The summed E-state index contributed by atoms with van der Waals surface area (Å²) in [6.07, 6.45) is 3.77. The highest BCUT2D eigenvalue weighted by atomic mass is 16.5. The van der Waals surface area contributed by atoms with Gasteiger partial charge in [0.25, 0.3) is 5.56 Å². The molecule has 1 aromatic rings. The minimum Gasteiger partial charge on any atom is -0.370 e. The quantitative estimate of drug-likeness (QED) is 0.882. The third-order valence-corrected chi connectivity index (χ3v) is 4.38. The van der Waals surface area contributed by atoms with Crippen molar-refractivity contribution in [2.45, 2.75) is 66.6 Å². The van der Waals surface area contributed by atoms with Crippen LogP contribution < -0.4 is 5.56 Å². The molecule has 3 nitrogen and oxygen atoms in total. The maximum absolute atomic E-state index is 12.0. The van der Waals surface area contributed by atoms with Gasteiger partial charge in [-0.1, -0.05) is 41.5 Å². The van der Waals surface area contributed by atoms with Gasteiger partial charge in [0.05, 0.1) is 12.2 Å². The van der Waals surface area contributed by atoms with Gasteiger partial charge >= 0.3 is 0 Å². The van der Waals surface area contributed by atoms with Gasteiger partial charge in [0.1, 0.15) is 0 Å². The Balaban J connectivity index is 2.26. The number of rotatable bonds is 2. The molecule has 2 rings (SSSR count). The molecule has 0 amide bonds. The van der Waals surface area contributed by atoms with Gasteiger partial charge in [0.15, 0.2) is 0 Å². The van der Waals surface area contributed by atoms with E-state index in [2.05, 4.69) is 46.5 Å². The minimum atomic E-state index is -0.0773. The van der Waals surface area contributed by atoms with Crippen molar-refractivity contribution >= 4 is 0 Å². The Bertz CT molecular complexity index is 533. The zero-order valence-corrected chi connectivity index (χ0v) is 14.2. The highest BCUT2D eigenvalue weighted by Gasteiger charge is 2.43. The molecule has 118 valence electrons. The summed E-state index contributed by atoms with van der Waals surface area (Å²) in [4.78, 5) is 14.8. The molecule has 1 unspecified atom stereocenters. The molecule has 1 aliphatic rings. The Morgan fingerprint density at radius 1 is 1.24 bits per heavy atom. The first-order chi connectivity index (χ1) is 9.58. The van der Waals surface area contributed by atoms with E-state index < -0.39 is 0 Å². The summed E-state index contributed by atoms with van der Waals surface area (Å²) < 4.78 is 6.32. The van der Waals surface area contributed by atoms with Gasteiger partial charge in [-0.05, 0) is 41.7 Å². The monoisotopic (exact) mass is 291 g/mol. The van der Waals surface area contributed by atoms with E-state index in [0.29, 0.717) is 5.92 Å². The van der Waals surface area contributed by atoms with Crippen LogP contribution in [0.4, 0.5) is 0 Å². The van der Waals surface area contributed by atoms with Gasteiger partial charge in [-0.2, -0.15) is 0 Å². The lowest BCUT2D eigenvalue weighted by atomic mass is 9.72. The Labute approximate surface area is 128 Å². The maximum atomic E-state index is 12.0. The number of hydrogen-bond donors (Lipinski definition) is 1. The molecule has 0 radical (unpaired) electrons. The molecule has 1 N–H and O–H groups in total. The summed E-state index contributed by atoms with van der Waals surface area (Å²) in [5, 5.41) is 0. The number of pyridine rings is 1. The number of hydrogen-bond acceptors (Lipinski definition) is 2. The second kappa shape index (κ2) is 5.60. The predicted octanol–water partition coefficient (Wildman–Crippen LogP) is 4.30. The molecular formula is C18H29NO2. The molecule has 2 heterocycles. The fourth-order valence-corrected chi connectivity index (χ4v) is 3.34. The number of aromatic nitrogens is 1. The SMILES string of the molecule is CC(C)(C)CC1O[C@@H](c2ccc[nH]c2=O)C[C@H]1C(C)(C)C. The van der Waals surface area contributed by atoms with Crippen molar-refractivity contribution in [3.63, 3.8) is 0 Å². The van der Waals surface area contributed by atoms with E-state index in [1.807, 2.05) is 12.1 Å². The van der Waals surface area contributed by atoms with Gasteiger partial charge in [-0.25, -0.2) is 0 Å². The van der Waals surface area contributed by atoms with Gasteiger partial charge in [0, 0.05) is 11.8 Å². The highest BCUT2D eigenvalue weighted by Crippen LogP contribution is 2.47. The van der Waals surface area contributed by atoms with Gasteiger partial charge in [0.2, 0.25) is 0 Å². The van der Waals surface area contributed by atoms with Crippen molar-refractivity contribution in [3.05, 3.63) is 34.2 Å². The number of ether oxygens (including phenoxy) is 1. The van der Waals surface area contributed by atoms with Crippen molar-refractivity contribution in [2.75, 3.05) is 0 Å². The smallest absolute Gasteiger partial charge is 0.253 e. The third-order valence-electron chi connectivity index (χ3n) is 4.38. The average molecular weight is 291 g/mol. The van der Waals surface area contributed by atoms with Crippen LogP contribution in [0.1, 0.15) is 66.1 Å². The van der Waals surface area contributed by atoms with E-state index in [9.17, 15) is 4.79 Å². The first-order valence-corrected chi connectivity index (χ1v) is 7.91. The topological polar surface area (TPSA) is 42.1 Å². The maximum Gasteiger partial charge on any atom is 0.253 e. The number of aromatic amines is 1. The lowest BCUT2D eigenvalue weighted by Gasteiger charge is -2.34. The first kappa shape index (κ1) is 16.3. The zero-order valence-electron chi connectivity index (χ0n) is 14.2. The fourth-order valence-electron chi connectivity index (χ4n) is 3.34. The fraction of sp³-hybridized carbons (Fsp3) is 0.722. The molecule has 1 saturated heterocycles. The molecule has 3 atom stereocenters. The van der Waals surface area contributed by atoms with Crippen molar-refractivity contribution in [2.24, 2.45) is 16.7 Å². The Morgan fingerprint density at radius 2 is 1.90 bits per heavy atom. The van der Waals surface area contributed by atoms with E-state index >= 15 is 0 Å². The lowest BCUT2D eigenvalue weighted by molar-refractivity contribution is -0.00614. The standard InChI is InChI=1S/C18H29NO2/c1-17(2,3)11-15-13(18(4,5)6)10-14(21-15)12-8-7-9-19-16(12)20/h7-9,13-15H,10-11H2,1-6H3,(H,19,20)/t13-,14-,15?/m1/s1. The molecule has 21 heavy (non-hydrogen) atoms. The predicted molar refractivity (Wildman–Crippen MR) is 86.3 cm³/mol. The summed E-state index contributed by atoms with van der Waals surface area (Å²) in [5.41, 5.74) is 1.16. The Morgan fingerprint density at radius 3 is 2.43 bits per heavy atom. The second-order valence-electron chi connectivity index (χ2n) is 8.59. The summed E-state index contributed by atoms with van der Waals surface area (Å²) in [5.74, 6) is 0.473. The molecule has 0 bridgehead atoms. The summed E-state index contributed by atoms with van der Waals surface area (Å²) >= 11 is 0. The zero-order chi connectivity index (χ0) is 15.8. The van der Waals surface area contributed by atoms with Crippen LogP contribution in [0.25, 0.3) is 0 Å². The van der Waals surface area contributed by atoms with E-state index in [0.717, 1.165) is 18.4 Å². The van der Waals surface area contributed by atoms with Crippen LogP contribution in [-0.2, 0) is 4.74 Å². The molecule has 1 aliphatic heterocycles. The number of H-pyrrole nitrogens is 1. The normalized spacial score (nSPS) is 27.0. The molecular weight excluding hydrogens is 262 g/mol. The van der Waals surface area contributed by atoms with E-state index in [4.69, 9.17) is 4.74 Å². The van der Waals surface area contributed by atoms with Crippen molar-refractivity contribution < 1.29 is 4.74 Å².